The predicted octanol–water partition coefficient (Wildman–Crippen LogP) is 0.948. The molecule has 3 aromatic rings. The van der Waals surface area contributed by atoms with Gasteiger partial charge < -0.3 is 24.5 Å². The zero-order valence-corrected chi connectivity index (χ0v) is 17.6. The quantitative estimate of drug-likeness (QED) is 0.373. The Hall–Kier alpha value is -3.80. The van der Waals surface area contributed by atoms with E-state index in [0.29, 0.717) is 50.0 Å². The van der Waals surface area contributed by atoms with Gasteiger partial charge >= 0.3 is 5.82 Å². The van der Waals surface area contributed by atoms with Gasteiger partial charge in [0.15, 0.2) is 0 Å². The van der Waals surface area contributed by atoms with Crippen molar-refractivity contribution in [2.75, 3.05) is 26.3 Å². The SMILES string of the molecule is Cn1c([N+](=O)[O-])cnc1Cn1cc(COc2ccc(CC(=O)N3CCOCC3)cc2)nn1. The van der Waals surface area contributed by atoms with Gasteiger partial charge in [0.05, 0.1) is 32.9 Å². The molecule has 0 bridgehead atoms. The molecule has 0 aliphatic carbocycles. The third-order valence-electron chi connectivity index (χ3n) is 5.17. The normalized spacial score (nSPS) is 13.8. The van der Waals surface area contributed by atoms with E-state index in [2.05, 4.69) is 15.3 Å². The van der Waals surface area contributed by atoms with E-state index in [-0.39, 0.29) is 24.9 Å². The maximum absolute atomic E-state index is 12.3. The Morgan fingerprint density at radius 2 is 2.00 bits per heavy atom. The van der Waals surface area contributed by atoms with Crippen molar-refractivity contribution in [3.8, 4) is 5.75 Å². The first-order valence-electron chi connectivity index (χ1n) is 10.1. The largest absolute Gasteiger partial charge is 0.487 e. The van der Waals surface area contributed by atoms with Crippen LogP contribution in [0.15, 0.2) is 36.7 Å². The summed E-state index contributed by atoms with van der Waals surface area (Å²) in [6.07, 6.45) is 3.27. The van der Waals surface area contributed by atoms with Crippen molar-refractivity contribution >= 4 is 11.7 Å². The highest BCUT2D eigenvalue weighted by Crippen LogP contribution is 2.16. The Morgan fingerprint density at radius 1 is 1.25 bits per heavy atom. The number of ether oxygens (including phenoxy) is 2. The molecule has 0 N–H and O–H groups in total. The molecule has 1 aliphatic rings. The van der Waals surface area contributed by atoms with Crippen LogP contribution in [0.5, 0.6) is 5.75 Å². The lowest BCUT2D eigenvalue weighted by atomic mass is 10.1. The van der Waals surface area contributed by atoms with Crippen molar-refractivity contribution in [3.05, 3.63) is 63.9 Å². The first-order chi connectivity index (χ1) is 15.5. The number of carbonyl (C=O) groups is 1. The summed E-state index contributed by atoms with van der Waals surface area (Å²) >= 11 is 0. The van der Waals surface area contributed by atoms with E-state index in [1.165, 1.54) is 10.8 Å². The van der Waals surface area contributed by atoms with E-state index in [1.807, 2.05) is 29.2 Å². The summed E-state index contributed by atoms with van der Waals surface area (Å²) in [5, 5.41) is 19.0. The second-order valence-electron chi connectivity index (χ2n) is 7.36. The zero-order chi connectivity index (χ0) is 22.5. The van der Waals surface area contributed by atoms with Gasteiger partial charge in [0.1, 0.15) is 30.8 Å². The molecule has 1 amide bonds. The van der Waals surface area contributed by atoms with Crippen LogP contribution in [-0.2, 0) is 36.2 Å². The molecule has 3 heterocycles. The van der Waals surface area contributed by atoms with Crippen molar-refractivity contribution in [2.24, 2.45) is 7.05 Å². The molecule has 12 nitrogen and oxygen atoms in total. The van der Waals surface area contributed by atoms with E-state index in [0.717, 1.165) is 5.56 Å². The number of morpholine rings is 1. The van der Waals surface area contributed by atoms with Gasteiger partial charge in [-0.1, -0.05) is 17.3 Å². The molecule has 0 atom stereocenters. The lowest BCUT2D eigenvalue weighted by Crippen LogP contribution is -2.41. The monoisotopic (exact) mass is 441 g/mol. The van der Waals surface area contributed by atoms with E-state index in [1.54, 1.807) is 17.9 Å². The molecular weight excluding hydrogens is 418 g/mol. The predicted molar refractivity (Wildman–Crippen MR) is 111 cm³/mol. The van der Waals surface area contributed by atoms with Gasteiger partial charge in [0.2, 0.25) is 11.7 Å². The zero-order valence-electron chi connectivity index (χ0n) is 17.6. The van der Waals surface area contributed by atoms with Crippen LogP contribution >= 0.6 is 0 Å². The highest BCUT2D eigenvalue weighted by Gasteiger charge is 2.18. The third kappa shape index (κ3) is 5.09. The Balaban J connectivity index is 1.28. The summed E-state index contributed by atoms with van der Waals surface area (Å²) in [4.78, 5) is 28.7. The molecule has 0 radical (unpaired) electrons. The van der Waals surface area contributed by atoms with Crippen LogP contribution < -0.4 is 4.74 Å². The number of rotatable bonds is 8. The summed E-state index contributed by atoms with van der Waals surface area (Å²) in [6.45, 7) is 2.92. The van der Waals surface area contributed by atoms with E-state index < -0.39 is 4.92 Å². The molecular formula is C20H23N7O5. The molecule has 1 aliphatic heterocycles. The van der Waals surface area contributed by atoms with Crippen molar-refractivity contribution in [2.45, 2.75) is 19.6 Å². The number of amides is 1. The number of hydrogen-bond acceptors (Lipinski definition) is 8. The molecule has 168 valence electrons. The number of nitro groups is 1. The smallest absolute Gasteiger partial charge is 0.342 e. The summed E-state index contributed by atoms with van der Waals surface area (Å²) in [6, 6.07) is 7.38. The first kappa shape index (κ1) is 21.4. The average molecular weight is 441 g/mol. The number of aromatic nitrogens is 5. The molecule has 0 unspecified atom stereocenters. The van der Waals surface area contributed by atoms with Gasteiger partial charge in [-0.3, -0.25) is 4.79 Å². The van der Waals surface area contributed by atoms with Crippen molar-refractivity contribution in [3.63, 3.8) is 0 Å². The van der Waals surface area contributed by atoms with E-state index in [9.17, 15) is 14.9 Å². The molecule has 0 saturated carbocycles. The van der Waals surface area contributed by atoms with Gasteiger partial charge in [-0.05, 0) is 22.6 Å². The van der Waals surface area contributed by atoms with Crippen LogP contribution in [0.4, 0.5) is 5.82 Å². The molecule has 12 heteroatoms. The Kier molecular flexibility index (Phi) is 6.40. The van der Waals surface area contributed by atoms with Gasteiger partial charge in [-0.15, -0.1) is 5.10 Å². The van der Waals surface area contributed by atoms with Gasteiger partial charge in [-0.25, -0.2) is 14.2 Å². The van der Waals surface area contributed by atoms with Crippen molar-refractivity contribution in [1.82, 2.24) is 29.4 Å². The molecule has 32 heavy (non-hydrogen) atoms. The Bertz CT molecular complexity index is 1090. The average Bonchev–Trinajstić information content (AvgIpc) is 3.40. The van der Waals surface area contributed by atoms with Crippen molar-refractivity contribution in [1.29, 1.82) is 0 Å². The van der Waals surface area contributed by atoms with E-state index >= 15 is 0 Å². The summed E-state index contributed by atoms with van der Waals surface area (Å²) in [5.74, 6) is 1.16. The number of hydrogen-bond donors (Lipinski definition) is 0. The minimum absolute atomic E-state index is 0.0845. The van der Waals surface area contributed by atoms with Gasteiger partial charge in [0, 0.05) is 13.1 Å². The molecule has 1 fully saturated rings. The fourth-order valence-corrected chi connectivity index (χ4v) is 3.34. The number of carbonyl (C=O) groups excluding carboxylic acids is 1. The number of benzene rings is 1. The maximum atomic E-state index is 12.3. The number of nitrogens with zero attached hydrogens (tertiary/aromatic N) is 7. The minimum atomic E-state index is -0.485. The lowest BCUT2D eigenvalue weighted by Gasteiger charge is -2.26. The number of imidazole rings is 1. The highest BCUT2D eigenvalue weighted by atomic mass is 16.6. The van der Waals surface area contributed by atoms with Crippen molar-refractivity contribution < 1.29 is 19.2 Å². The van der Waals surface area contributed by atoms with Crippen LogP contribution in [0.3, 0.4) is 0 Å². The fraction of sp³-hybridized carbons (Fsp3) is 0.400. The van der Waals surface area contributed by atoms with Crippen LogP contribution in [0, 0.1) is 10.1 Å². The molecule has 4 rings (SSSR count). The van der Waals surface area contributed by atoms with Crippen LogP contribution in [0.25, 0.3) is 0 Å². The van der Waals surface area contributed by atoms with Gasteiger partial charge in [0.25, 0.3) is 0 Å². The molecule has 0 spiro atoms. The highest BCUT2D eigenvalue weighted by molar-refractivity contribution is 5.78. The second-order valence-corrected chi connectivity index (χ2v) is 7.36. The second kappa shape index (κ2) is 9.56. The minimum Gasteiger partial charge on any atom is -0.487 e. The molecule has 1 aromatic carbocycles. The third-order valence-corrected chi connectivity index (χ3v) is 5.17. The summed E-state index contributed by atoms with van der Waals surface area (Å²) in [7, 11) is 1.58. The van der Waals surface area contributed by atoms with Crippen LogP contribution in [-0.4, -0.2) is 66.6 Å². The Labute approximate surface area is 183 Å². The van der Waals surface area contributed by atoms with Crippen LogP contribution in [0.1, 0.15) is 17.1 Å². The standard InChI is InChI=1S/C20H23N7O5/c1-24-18(21-11-19(24)27(29)30)13-26-12-16(22-23-26)14-32-17-4-2-15(3-5-17)10-20(28)25-6-8-31-9-7-25/h2-5,11-12H,6-10,13-14H2,1H3. The molecule has 2 aromatic heterocycles. The Morgan fingerprint density at radius 3 is 2.69 bits per heavy atom. The lowest BCUT2D eigenvalue weighted by molar-refractivity contribution is -0.391. The van der Waals surface area contributed by atoms with E-state index in [4.69, 9.17) is 9.47 Å². The first-order valence-corrected chi connectivity index (χ1v) is 10.1. The summed E-state index contributed by atoms with van der Waals surface area (Å²) < 4.78 is 14.0. The summed E-state index contributed by atoms with van der Waals surface area (Å²) in [5.41, 5.74) is 1.53. The maximum Gasteiger partial charge on any atom is 0.342 e. The molecule has 1 saturated heterocycles. The van der Waals surface area contributed by atoms with Crippen LogP contribution in [0.2, 0.25) is 0 Å². The topological polar surface area (TPSA) is 130 Å². The van der Waals surface area contributed by atoms with Gasteiger partial charge in [-0.2, -0.15) is 0 Å². The fourth-order valence-electron chi connectivity index (χ4n) is 3.34.